The highest BCUT2D eigenvalue weighted by atomic mass is 16.1. The maximum absolute atomic E-state index is 11.3. The van der Waals surface area contributed by atoms with Crippen molar-refractivity contribution < 1.29 is 4.79 Å². The molecule has 2 rings (SSSR count). The van der Waals surface area contributed by atoms with E-state index in [0.29, 0.717) is 6.42 Å². The zero-order valence-electron chi connectivity index (χ0n) is 8.53. The molecule has 3 nitrogen and oxygen atoms in total. The smallest absolute Gasteiger partial charge is 0.224 e. The van der Waals surface area contributed by atoms with Gasteiger partial charge in [0.15, 0.2) is 0 Å². The summed E-state index contributed by atoms with van der Waals surface area (Å²) in [7, 11) is 0. The summed E-state index contributed by atoms with van der Waals surface area (Å²) >= 11 is 0. The fourth-order valence-corrected chi connectivity index (χ4v) is 1.45. The topological polar surface area (TPSA) is 42.0 Å². The molecule has 0 fully saturated rings. The number of pyridine rings is 1. The second-order valence-electron chi connectivity index (χ2n) is 3.28. The molecule has 0 aliphatic heterocycles. The molecule has 1 aromatic carbocycles. The number of anilines is 1. The highest BCUT2D eigenvalue weighted by Gasteiger charge is 2.03. The first-order chi connectivity index (χ1) is 7.31. The highest BCUT2D eigenvalue weighted by Crippen LogP contribution is 2.21. The Labute approximate surface area is 88.1 Å². The SMILES string of the molecule is CCC(=O)Nc1cccc2ncccc12. The summed E-state index contributed by atoms with van der Waals surface area (Å²) in [6.45, 7) is 1.83. The number of amides is 1. The molecule has 0 aliphatic carbocycles. The van der Waals surface area contributed by atoms with Crippen molar-refractivity contribution in [3.8, 4) is 0 Å². The van der Waals surface area contributed by atoms with Crippen LogP contribution < -0.4 is 5.32 Å². The minimum atomic E-state index is 0.0198. The van der Waals surface area contributed by atoms with E-state index in [9.17, 15) is 4.79 Å². The lowest BCUT2D eigenvalue weighted by Gasteiger charge is -2.06. The molecule has 0 unspecified atom stereocenters. The van der Waals surface area contributed by atoms with Crippen molar-refractivity contribution in [1.29, 1.82) is 0 Å². The number of benzene rings is 1. The molecule has 1 heterocycles. The minimum absolute atomic E-state index is 0.0198. The number of fused-ring (bicyclic) bond motifs is 1. The number of carbonyl (C=O) groups is 1. The van der Waals surface area contributed by atoms with Gasteiger partial charge in [0.2, 0.25) is 5.91 Å². The quantitative estimate of drug-likeness (QED) is 0.809. The molecule has 0 aliphatic rings. The number of carbonyl (C=O) groups excluding carboxylic acids is 1. The van der Waals surface area contributed by atoms with Gasteiger partial charge in [-0.25, -0.2) is 0 Å². The predicted octanol–water partition coefficient (Wildman–Crippen LogP) is 2.58. The summed E-state index contributed by atoms with van der Waals surface area (Å²) < 4.78 is 0. The number of hydrogen-bond acceptors (Lipinski definition) is 2. The van der Waals surface area contributed by atoms with Crippen molar-refractivity contribution in [3.05, 3.63) is 36.5 Å². The zero-order chi connectivity index (χ0) is 10.7. The van der Waals surface area contributed by atoms with E-state index in [1.54, 1.807) is 6.20 Å². The molecule has 15 heavy (non-hydrogen) atoms. The van der Waals surface area contributed by atoms with Crippen LogP contribution in [0.5, 0.6) is 0 Å². The molecule has 1 N–H and O–H groups in total. The number of aromatic nitrogens is 1. The molecular weight excluding hydrogens is 188 g/mol. The van der Waals surface area contributed by atoms with Gasteiger partial charge in [-0.15, -0.1) is 0 Å². The van der Waals surface area contributed by atoms with Crippen LogP contribution in [0.3, 0.4) is 0 Å². The van der Waals surface area contributed by atoms with Crippen LogP contribution in [0.15, 0.2) is 36.5 Å². The molecule has 0 saturated heterocycles. The molecule has 0 radical (unpaired) electrons. The van der Waals surface area contributed by atoms with Gasteiger partial charge in [0.25, 0.3) is 0 Å². The lowest BCUT2D eigenvalue weighted by atomic mass is 10.2. The van der Waals surface area contributed by atoms with Crippen LogP contribution in [0.2, 0.25) is 0 Å². The minimum Gasteiger partial charge on any atom is -0.325 e. The maximum Gasteiger partial charge on any atom is 0.224 e. The van der Waals surface area contributed by atoms with E-state index in [1.165, 1.54) is 0 Å². The Kier molecular flexibility index (Phi) is 2.63. The van der Waals surface area contributed by atoms with Crippen molar-refractivity contribution >= 4 is 22.5 Å². The third-order valence-corrected chi connectivity index (χ3v) is 2.24. The highest BCUT2D eigenvalue weighted by molar-refractivity contribution is 6.00. The molecule has 2 aromatic rings. The third-order valence-electron chi connectivity index (χ3n) is 2.24. The van der Waals surface area contributed by atoms with Crippen molar-refractivity contribution in [2.24, 2.45) is 0 Å². The van der Waals surface area contributed by atoms with Crippen molar-refractivity contribution in [2.45, 2.75) is 13.3 Å². The lowest BCUT2D eigenvalue weighted by Crippen LogP contribution is -2.09. The van der Waals surface area contributed by atoms with Crippen LogP contribution in [-0.4, -0.2) is 10.9 Å². The molecule has 1 amide bonds. The average Bonchev–Trinajstić information content (AvgIpc) is 2.29. The second-order valence-corrected chi connectivity index (χ2v) is 3.28. The van der Waals surface area contributed by atoms with Crippen molar-refractivity contribution in [1.82, 2.24) is 4.98 Å². The molecule has 0 saturated carbocycles. The lowest BCUT2D eigenvalue weighted by molar-refractivity contribution is -0.115. The fraction of sp³-hybridized carbons (Fsp3) is 0.167. The Morgan fingerprint density at radius 1 is 1.33 bits per heavy atom. The molecule has 0 atom stereocenters. The zero-order valence-corrected chi connectivity index (χ0v) is 8.53. The number of nitrogens with zero attached hydrogens (tertiary/aromatic N) is 1. The molecule has 76 valence electrons. The summed E-state index contributed by atoms with van der Waals surface area (Å²) in [5.74, 6) is 0.0198. The van der Waals surface area contributed by atoms with Crippen LogP contribution in [0.1, 0.15) is 13.3 Å². The Morgan fingerprint density at radius 2 is 2.20 bits per heavy atom. The maximum atomic E-state index is 11.3. The second kappa shape index (κ2) is 4.09. The summed E-state index contributed by atoms with van der Waals surface area (Å²) in [4.78, 5) is 15.5. The van der Waals surface area contributed by atoms with Crippen molar-refractivity contribution in [2.75, 3.05) is 5.32 Å². The molecule has 0 spiro atoms. The third kappa shape index (κ3) is 1.96. The Bertz CT molecular complexity index is 488. The van der Waals surface area contributed by atoms with E-state index in [1.807, 2.05) is 37.3 Å². The van der Waals surface area contributed by atoms with Gasteiger partial charge >= 0.3 is 0 Å². The van der Waals surface area contributed by atoms with Gasteiger partial charge in [-0.3, -0.25) is 9.78 Å². The summed E-state index contributed by atoms with van der Waals surface area (Å²) in [6, 6.07) is 9.52. The summed E-state index contributed by atoms with van der Waals surface area (Å²) in [5, 5.41) is 3.83. The van der Waals surface area contributed by atoms with Gasteiger partial charge in [0, 0.05) is 18.0 Å². The molecule has 3 heteroatoms. The van der Waals surface area contributed by atoms with Gasteiger partial charge in [-0.1, -0.05) is 13.0 Å². The Hall–Kier alpha value is -1.90. The largest absolute Gasteiger partial charge is 0.325 e. The van der Waals surface area contributed by atoms with Crippen LogP contribution in [0.25, 0.3) is 10.9 Å². The van der Waals surface area contributed by atoms with Gasteiger partial charge in [-0.05, 0) is 24.3 Å². The standard InChI is InChI=1S/C12H12N2O/c1-2-12(15)14-11-7-3-6-10-9(11)5-4-8-13-10/h3-8H,2H2,1H3,(H,14,15). The Morgan fingerprint density at radius 3 is 3.00 bits per heavy atom. The Balaban J connectivity index is 2.46. The summed E-state index contributed by atoms with van der Waals surface area (Å²) in [5.41, 5.74) is 1.72. The van der Waals surface area contributed by atoms with Gasteiger partial charge in [0.05, 0.1) is 11.2 Å². The van der Waals surface area contributed by atoms with E-state index in [-0.39, 0.29) is 5.91 Å². The van der Waals surface area contributed by atoms with E-state index in [0.717, 1.165) is 16.6 Å². The number of nitrogens with one attached hydrogen (secondary N) is 1. The normalized spacial score (nSPS) is 10.2. The first kappa shape index (κ1) is 9.65. The first-order valence-electron chi connectivity index (χ1n) is 4.95. The van der Waals surface area contributed by atoms with Crippen LogP contribution in [0.4, 0.5) is 5.69 Å². The predicted molar refractivity (Wildman–Crippen MR) is 60.7 cm³/mol. The fourth-order valence-electron chi connectivity index (χ4n) is 1.45. The van der Waals surface area contributed by atoms with Gasteiger partial charge in [0.1, 0.15) is 0 Å². The average molecular weight is 200 g/mol. The van der Waals surface area contributed by atoms with Crippen LogP contribution >= 0.6 is 0 Å². The van der Waals surface area contributed by atoms with E-state index in [2.05, 4.69) is 10.3 Å². The van der Waals surface area contributed by atoms with Gasteiger partial charge in [-0.2, -0.15) is 0 Å². The molecule has 0 bridgehead atoms. The molecule has 1 aromatic heterocycles. The van der Waals surface area contributed by atoms with E-state index in [4.69, 9.17) is 0 Å². The number of rotatable bonds is 2. The monoisotopic (exact) mass is 200 g/mol. The van der Waals surface area contributed by atoms with Crippen molar-refractivity contribution in [3.63, 3.8) is 0 Å². The van der Waals surface area contributed by atoms with E-state index < -0.39 is 0 Å². The van der Waals surface area contributed by atoms with Crippen LogP contribution in [0, 0.1) is 0 Å². The summed E-state index contributed by atoms with van der Waals surface area (Å²) in [6.07, 6.45) is 2.23. The number of hydrogen-bond donors (Lipinski definition) is 1. The van der Waals surface area contributed by atoms with Crippen LogP contribution in [-0.2, 0) is 4.79 Å². The molecular formula is C12H12N2O. The first-order valence-corrected chi connectivity index (χ1v) is 4.95. The van der Waals surface area contributed by atoms with E-state index >= 15 is 0 Å². The van der Waals surface area contributed by atoms with Gasteiger partial charge < -0.3 is 5.32 Å².